The summed E-state index contributed by atoms with van der Waals surface area (Å²) < 4.78 is 5.12. The number of carbonyl (C=O) groups excluding carboxylic acids is 1. The molecule has 100 valence electrons. The summed E-state index contributed by atoms with van der Waals surface area (Å²) in [7, 11) is 1.52. The molecule has 1 aromatic carbocycles. The maximum Gasteiger partial charge on any atom is 0.255 e. The number of aliphatic hydroxyl groups is 1. The Bertz CT molecular complexity index is 413. The molecule has 18 heavy (non-hydrogen) atoms. The predicted octanol–water partition coefficient (Wildman–Crippen LogP) is 1.83. The Hall–Kier alpha value is -1.55. The van der Waals surface area contributed by atoms with Gasteiger partial charge in [0.25, 0.3) is 5.91 Å². The number of methoxy groups -OCH3 is 1. The van der Waals surface area contributed by atoms with Gasteiger partial charge in [0.05, 0.1) is 18.3 Å². The minimum absolute atomic E-state index is 0.0652. The smallest absolute Gasteiger partial charge is 0.255 e. The van der Waals surface area contributed by atoms with Crippen molar-refractivity contribution in [2.24, 2.45) is 5.92 Å². The fourth-order valence-electron chi connectivity index (χ4n) is 1.39. The summed E-state index contributed by atoms with van der Waals surface area (Å²) >= 11 is 0. The van der Waals surface area contributed by atoms with E-state index in [4.69, 9.17) is 4.74 Å². The van der Waals surface area contributed by atoms with Crippen LogP contribution in [0.2, 0.25) is 0 Å². The first-order valence-electron chi connectivity index (χ1n) is 6.02. The molecule has 4 nitrogen and oxygen atoms in total. The van der Waals surface area contributed by atoms with E-state index in [0.717, 1.165) is 0 Å². The lowest BCUT2D eigenvalue weighted by Crippen LogP contribution is -2.44. The van der Waals surface area contributed by atoms with E-state index in [9.17, 15) is 9.90 Å². The van der Waals surface area contributed by atoms with Crippen molar-refractivity contribution in [2.75, 3.05) is 13.7 Å². The molecule has 1 amide bonds. The zero-order chi connectivity index (χ0) is 13.8. The van der Waals surface area contributed by atoms with Gasteiger partial charge in [-0.25, -0.2) is 0 Å². The van der Waals surface area contributed by atoms with Gasteiger partial charge in [-0.05, 0) is 25.0 Å². The number of carbonyl (C=O) groups is 1. The van der Waals surface area contributed by atoms with Crippen molar-refractivity contribution in [1.82, 2.24) is 5.32 Å². The predicted molar refractivity (Wildman–Crippen MR) is 70.8 cm³/mol. The van der Waals surface area contributed by atoms with Crippen molar-refractivity contribution in [2.45, 2.75) is 26.4 Å². The highest BCUT2D eigenvalue weighted by Gasteiger charge is 2.25. The van der Waals surface area contributed by atoms with E-state index in [0.29, 0.717) is 11.3 Å². The van der Waals surface area contributed by atoms with Crippen molar-refractivity contribution >= 4 is 5.91 Å². The lowest BCUT2D eigenvalue weighted by Gasteiger charge is -2.27. The molecule has 1 rings (SSSR count). The van der Waals surface area contributed by atoms with E-state index in [1.165, 1.54) is 7.11 Å². The van der Waals surface area contributed by atoms with Crippen LogP contribution < -0.4 is 10.1 Å². The van der Waals surface area contributed by atoms with Crippen LogP contribution in [0.15, 0.2) is 24.3 Å². The first-order valence-corrected chi connectivity index (χ1v) is 6.02. The third kappa shape index (κ3) is 3.47. The molecule has 2 N–H and O–H groups in total. The van der Waals surface area contributed by atoms with E-state index in [2.05, 4.69) is 5.32 Å². The second kappa shape index (κ2) is 5.87. The molecule has 1 unspecified atom stereocenters. The van der Waals surface area contributed by atoms with Crippen molar-refractivity contribution in [3.8, 4) is 5.75 Å². The normalized spacial score (nSPS) is 14.1. The minimum atomic E-state index is -0.919. The van der Waals surface area contributed by atoms with Crippen LogP contribution >= 0.6 is 0 Å². The van der Waals surface area contributed by atoms with Gasteiger partial charge >= 0.3 is 0 Å². The second-order valence-electron chi connectivity index (χ2n) is 4.89. The number of ether oxygens (including phenoxy) is 1. The van der Waals surface area contributed by atoms with Gasteiger partial charge in [-0.15, -0.1) is 0 Å². The summed E-state index contributed by atoms with van der Waals surface area (Å²) in [5, 5.41) is 12.8. The Morgan fingerprint density at radius 2 is 2.06 bits per heavy atom. The van der Waals surface area contributed by atoms with Crippen LogP contribution in [0, 0.1) is 5.92 Å². The van der Waals surface area contributed by atoms with E-state index in [1.54, 1.807) is 31.2 Å². The quantitative estimate of drug-likeness (QED) is 0.839. The molecule has 0 bridgehead atoms. The van der Waals surface area contributed by atoms with Crippen molar-refractivity contribution < 1.29 is 14.6 Å². The molecule has 0 radical (unpaired) electrons. The lowest BCUT2D eigenvalue weighted by molar-refractivity contribution is 0.0142. The number of hydrogen-bond donors (Lipinski definition) is 2. The highest BCUT2D eigenvalue weighted by molar-refractivity contribution is 5.96. The molecule has 1 aromatic rings. The molecule has 0 aliphatic rings. The molecule has 0 saturated heterocycles. The number of para-hydroxylation sites is 1. The van der Waals surface area contributed by atoms with E-state index in [1.807, 2.05) is 13.8 Å². The van der Waals surface area contributed by atoms with Gasteiger partial charge in [0.2, 0.25) is 0 Å². The van der Waals surface area contributed by atoms with Crippen molar-refractivity contribution in [3.05, 3.63) is 29.8 Å². The summed E-state index contributed by atoms with van der Waals surface area (Å²) in [6, 6.07) is 7.01. The SMILES string of the molecule is COc1ccccc1C(=O)NCC(C)(O)C(C)C. The molecule has 0 aliphatic carbocycles. The van der Waals surface area contributed by atoms with Crippen LogP contribution in [-0.4, -0.2) is 30.3 Å². The number of nitrogens with one attached hydrogen (secondary N) is 1. The number of hydrogen-bond acceptors (Lipinski definition) is 3. The number of amides is 1. The van der Waals surface area contributed by atoms with Crippen LogP contribution in [-0.2, 0) is 0 Å². The number of benzene rings is 1. The molecular formula is C14H21NO3. The highest BCUT2D eigenvalue weighted by atomic mass is 16.5. The maximum absolute atomic E-state index is 12.0. The molecule has 0 fully saturated rings. The molecule has 1 atom stereocenters. The fourth-order valence-corrected chi connectivity index (χ4v) is 1.39. The van der Waals surface area contributed by atoms with Gasteiger partial charge in [0, 0.05) is 6.54 Å². The summed E-state index contributed by atoms with van der Waals surface area (Å²) in [4.78, 5) is 12.0. The van der Waals surface area contributed by atoms with Crippen molar-refractivity contribution in [3.63, 3.8) is 0 Å². The zero-order valence-corrected chi connectivity index (χ0v) is 11.4. The third-order valence-corrected chi connectivity index (χ3v) is 3.20. The first-order chi connectivity index (χ1) is 8.38. The molecule has 0 saturated carbocycles. The Kier molecular flexibility index (Phi) is 4.73. The van der Waals surface area contributed by atoms with Gasteiger partial charge in [0.15, 0.2) is 0 Å². The summed E-state index contributed by atoms with van der Waals surface area (Å²) in [5.74, 6) is 0.350. The number of rotatable bonds is 5. The zero-order valence-electron chi connectivity index (χ0n) is 11.4. The summed E-state index contributed by atoms with van der Waals surface area (Å²) in [5.41, 5.74) is -0.447. The van der Waals surface area contributed by atoms with Gasteiger partial charge in [0.1, 0.15) is 5.75 Å². The monoisotopic (exact) mass is 251 g/mol. The van der Waals surface area contributed by atoms with Gasteiger partial charge in [-0.1, -0.05) is 26.0 Å². The van der Waals surface area contributed by atoms with Crippen LogP contribution in [0.1, 0.15) is 31.1 Å². The summed E-state index contributed by atoms with van der Waals surface area (Å²) in [6.07, 6.45) is 0. The lowest BCUT2D eigenvalue weighted by atomic mass is 9.92. The first kappa shape index (κ1) is 14.5. The average Bonchev–Trinajstić information content (AvgIpc) is 2.35. The average molecular weight is 251 g/mol. The molecule has 0 aliphatic heterocycles. The topological polar surface area (TPSA) is 58.6 Å². The van der Waals surface area contributed by atoms with Crippen LogP contribution in [0.4, 0.5) is 0 Å². The van der Waals surface area contributed by atoms with Gasteiger partial charge in [-0.3, -0.25) is 4.79 Å². The van der Waals surface area contributed by atoms with Crippen LogP contribution in [0.5, 0.6) is 5.75 Å². The standard InChI is InChI=1S/C14H21NO3/c1-10(2)14(3,17)9-15-13(16)11-7-5-6-8-12(11)18-4/h5-8,10,17H,9H2,1-4H3,(H,15,16). The van der Waals surface area contributed by atoms with Gasteiger partial charge in [-0.2, -0.15) is 0 Å². The van der Waals surface area contributed by atoms with Crippen LogP contribution in [0.25, 0.3) is 0 Å². The highest BCUT2D eigenvalue weighted by Crippen LogP contribution is 2.18. The van der Waals surface area contributed by atoms with E-state index in [-0.39, 0.29) is 18.4 Å². The Balaban J connectivity index is 2.72. The Morgan fingerprint density at radius 1 is 1.44 bits per heavy atom. The van der Waals surface area contributed by atoms with E-state index < -0.39 is 5.60 Å². The second-order valence-corrected chi connectivity index (χ2v) is 4.89. The van der Waals surface area contributed by atoms with Gasteiger partial charge < -0.3 is 15.2 Å². The molecule has 4 heteroatoms. The largest absolute Gasteiger partial charge is 0.496 e. The maximum atomic E-state index is 12.0. The summed E-state index contributed by atoms with van der Waals surface area (Å²) in [6.45, 7) is 5.74. The fraction of sp³-hybridized carbons (Fsp3) is 0.500. The van der Waals surface area contributed by atoms with E-state index >= 15 is 0 Å². The Labute approximate surface area is 108 Å². The van der Waals surface area contributed by atoms with Crippen molar-refractivity contribution in [1.29, 1.82) is 0 Å². The van der Waals surface area contributed by atoms with Crippen LogP contribution in [0.3, 0.4) is 0 Å². The Morgan fingerprint density at radius 3 is 2.61 bits per heavy atom. The molecular weight excluding hydrogens is 230 g/mol. The molecule has 0 spiro atoms. The minimum Gasteiger partial charge on any atom is -0.496 e. The molecule has 0 aromatic heterocycles. The third-order valence-electron chi connectivity index (χ3n) is 3.20. The molecule has 0 heterocycles.